The van der Waals surface area contributed by atoms with E-state index in [2.05, 4.69) is 16.8 Å². The van der Waals surface area contributed by atoms with Gasteiger partial charge < -0.3 is 15.4 Å². The van der Waals surface area contributed by atoms with Crippen LogP contribution in [-0.2, 0) is 4.74 Å². The highest BCUT2D eigenvalue weighted by Gasteiger charge is 2.19. The van der Waals surface area contributed by atoms with Crippen LogP contribution in [0.25, 0.3) is 0 Å². The zero-order valence-electron chi connectivity index (χ0n) is 9.72. The topological polar surface area (TPSA) is 51.4 Å². The molecule has 1 saturated heterocycles. The van der Waals surface area contributed by atoms with Crippen molar-refractivity contribution in [3.05, 3.63) is 18.5 Å². The molecule has 0 spiro atoms. The average molecular weight is 221 g/mol. The first-order valence-electron chi connectivity index (χ1n) is 5.87. The van der Waals surface area contributed by atoms with Crippen molar-refractivity contribution in [3.63, 3.8) is 0 Å². The van der Waals surface area contributed by atoms with Gasteiger partial charge in [-0.05, 0) is 25.8 Å². The monoisotopic (exact) mass is 221 g/mol. The maximum Gasteiger partial charge on any atom is 0.0750 e. The Kier molecular flexibility index (Phi) is 3.62. The second-order valence-electron chi connectivity index (χ2n) is 4.11. The molecule has 1 atom stereocenters. The first-order valence-corrected chi connectivity index (χ1v) is 5.87. The van der Waals surface area contributed by atoms with Crippen molar-refractivity contribution in [1.82, 2.24) is 4.98 Å². The second-order valence-corrected chi connectivity index (χ2v) is 4.11. The number of anilines is 2. The van der Waals surface area contributed by atoms with E-state index in [0.29, 0.717) is 6.10 Å². The molecule has 4 nitrogen and oxygen atoms in total. The zero-order chi connectivity index (χ0) is 11.4. The van der Waals surface area contributed by atoms with E-state index in [1.807, 2.05) is 6.07 Å². The molecule has 0 saturated carbocycles. The number of likely N-dealkylation sites (N-methyl/N-ethyl adjacent to an activating group) is 1. The third-order valence-corrected chi connectivity index (χ3v) is 3.00. The lowest BCUT2D eigenvalue weighted by molar-refractivity contribution is 0.116. The molecule has 1 aromatic heterocycles. The van der Waals surface area contributed by atoms with Gasteiger partial charge in [0.05, 0.1) is 23.7 Å². The van der Waals surface area contributed by atoms with Gasteiger partial charge in [0.15, 0.2) is 0 Å². The number of rotatable bonds is 4. The van der Waals surface area contributed by atoms with Gasteiger partial charge in [-0.15, -0.1) is 0 Å². The van der Waals surface area contributed by atoms with Crippen molar-refractivity contribution in [2.45, 2.75) is 25.9 Å². The Labute approximate surface area is 96.4 Å². The summed E-state index contributed by atoms with van der Waals surface area (Å²) in [4.78, 5) is 6.27. The van der Waals surface area contributed by atoms with Gasteiger partial charge in [0.1, 0.15) is 0 Å². The molecule has 88 valence electrons. The Hall–Kier alpha value is -1.29. The Morgan fingerprint density at radius 1 is 1.62 bits per heavy atom. The molecule has 1 fully saturated rings. The van der Waals surface area contributed by atoms with Gasteiger partial charge in [-0.2, -0.15) is 0 Å². The summed E-state index contributed by atoms with van der Waals surface area (Å²) in [6.07, 6.45) is 6.17. The van der Waals surface area contributed by atoms with Crippen LogP contribution in [0.5, 0.6) is 0 Å². The standard InChI is InChI=1S/C12H19N3O/c1-2-15(9-10-4-3-7-16-10)12-5-6-14-8-11(12)13/h5-6,8,10H,2-4,7,9,13H2,1H3. The molecule has 2 rings (SSSR count). The fourth-order valence-corrected chi connectivity index (χ4v) is 2.12. The van der Waals surface area contributed by atoms with E-state index in [4.69, 9.17) is 10.5 Å². The van der Waals surface area contributed by atoms with Crippen LogP contribution < -0.4 is 10.6 Å². The molecule has 4 heteroatoms. The highest BCUT2D eigenvalue weighted by Crippen LogP contribution is 2.23. The highest BCUT2D eigenvalue weighted by atomic mass is 16.5. The van der Waals surface area contributed by atoms with E-state index in [0.717, 1.165) is 37.5 Å². The molecule has 1 unspecified atom stereocenters. The summed E-state index contributed by atoms with van der Waals surface area (Å²) in [6, 6.07) is 1.97. The van der Waals surface area contributed by atoms with E-state index in [1.54, 1.807) is 12.4 Å². The van der Waals surface area contributed by atoms with Crippen LogP contribution in [0.2, 0.25) is 0 Å². The van der Waals surface area contributed by atoms with Crippen LogP contribution >= 0.6 is 0 Å². The van der Waals surface area contributed by atoms with Gasteiger partial charge >= 0.3 is 0 Å². The molecular formula is C12H19N3O. The van der Waals surface area contributed by atoms with Gasteiger partial charge in [-0.3, -0.25) is 4.98 Å². The van der Waals surface area contributed by atoms with Crippen molar-refractivity contribution in [2.75, 3.05) is 30.3 Å². The summed E-state index contributed by atoms with van der Waals surface area (Å²) >= 11 is 0. The maximum absolute atomic E-state index is 5.93. The van der Waals surface area contributed by atoms with Crippen LogP contribution in [0, 0.1) is 0 Å². The summed E-state index contributed by atoms with van der Waals surface area (Å²) in [5, 5.41) is 0. The van der Waals surface area contributed by atoms with Crippen LogP contribution in [0.1, 0.15) is 19.8 Å². The minimum absolute atomic E-state index is 0.354. The fraction of sp³-hybridized carbons (Fsp3) is 0.583. The number of pyridine rings is 1. The zero-order valence-corrected chi connectivity index (χ0v) is 9.72. The van der Waals surface area contributed by atoms with Crippen molar-refractivity contribution >= 4 is 11.4 Å². The van der Waals surface area contributed by atoms with Gasteiger partial charge in [-0.1, -0.05) is 0 Å². The lowest BCUT2D eigenvalue weighted by Crippen LogP contribution is -2.32. The van der Waals surface area contributed by atoms with Crippen LogP contribution in [-0.4, -0.2) is 30.8 Å². The lowest BCUT2D eigenvalue weighted by atomic mass is 10.2. The van der Waals surface area contributed by atoms with E-state index in [-0.39, 0.29) is 0 Å². The Morgan fingerprint density at radius 3 is 3.12 bits per heavy atom. The van der Waals surface area contributed by atoms with Crippen molar-refractivity contribution in [1.29, 1.82) is 0 Å². The fourth-order valence-electron chi connectivity index (χ4n) is 2.12. The molecule has 1 aliphatic heterocycles. The Bertz CT molecular complexity index is 337. The molecule has 2 N–H and O–H groups in total. The van der Waals surface area contributed by atoms with Gasteiger partial charge in [-0.25, -0.2) is 0 Å². The first-order chi connectivity index (χ1) is 7.81. The number of nitrogen functional groups attached to an aromatic ring is 1. The molecule has 16 heavy (non-hydrogen) atoms. The normalized spacial score (nSPS) is 19.9. The molecule has 1 aliphatic rings. The predicted molar refractivity (Wildman–Crippen MR) is 65.5 cm³/mol. The predicted octanol–water partition coefficient (Wildman–Crippen LogP) is 1.67. The molecule has 0 radical (unpaired) electrons. The number of aromatic nitrogens is 1. The van der Waals surface area contributed by atoms with Crippen LogP contribution in [0.15, 0.2) is 18.5 Å². The quantitative estimate of drug-likeness (QED) is 0.840. The number of nitrogens with two attached hydrogens (primary N) is 1. The minimum atomic E-state index is 0.354. The van der Waals surface area contributed by atoms with E-state index in [9.17, 15) is 0 Å². The van der Waals surface area contributed by atoms with Crippen molar-refractivity contribution in [3.8, 4) is 0 Å². The van der Waals surface area contributed by atoms with E-state index in [1.165, 1.54) is 6.42 Å². The number of hydrogen-bond acceptors (Lipinski definition) is 4. The van der Waals surface area contributed by atoms with Crippen LogP contribution in [0.4, 0.5) is 11.4 Å². The number of nitrogens with zero attached hydrogens (tertiary/aromatic N) is 2. The van der Waals surface area contributed by atoms with Gasteiger partial charge in [0.2, 0.25) is 0 Å². The summed E-state index contributed by atoms with van der Waals surface area (Å²) in [5.74, 6) is 0. The number of hydrogen-bond donors (Lipinski definition) is 1. The minimum Gasteiger partial charge on any atom is -0.396 e. The first kappa shape index (κ1) is 11.2. The molecule has 1 aromatic rings. The summed E-state index contributed by atoms with van der Waals surface area (Å²) in [5.41, 5.74) is 7.73. The maximum atomic E-state index is 5.93. The average Bonchev–Trinajstić information content (AvgIpc) is 2.80. The molecule has 2 heterocycles. The SMILES string of the molecule is CCN(CC1CCCO1)c1ccncc1N. The molecule has 0 aromatic carbocycles. The molecular weight excluding hydrogens is 202 g/mol. The Morgan fingerprint density at radius 2 is 2.50 bits per heavy atom. The van der Waals surface area contributed by atoms with E-state index < -0.39 is 0 Å². The van der Waals surface area contributed by atoms with Gasteiger partial charge in [0.25, 0.3) is 0 Å². The summed E-state index contributed by atoms with van der Waals surface area (Å²) < 4.78 is 5.65. The van der Waals surface area contributed by atoms with Crippen molar-refractivity contribution in [2.24, 2.45) is 0 Å². The molecule has 0 bridgehead atoms. The smallest absolute Gasteiger partial charge is 0.0750 e. The largest absolute Gasteiger partial charge is 0.396 e. The highest BCUT2D eigenvalue weighted by molar-refractivity contribution is 5.65. The molecule has 0 aliphatic carbocycles. The van der Waals surface area contributed by atoms with Gasteiger partial charge in [0, 0.05) is 25.9 Å². The second kappa shape index (κ2) is 5.16. The summed E-state index contributed by atoms with van der Waals surface area (Å²) in [7, 11) is 0. The van der Waals surface area contributed by atoms with Crippen molar-refractivity contribution < 1.29 is 4.74 Å². The summed E-state index contributed by atoms with van der Waals surface area (Å²) in [6.45, 7) is 4.89. The number of ether oxygens (including phenoxy) is 1. The lowest BCUT2D eigenvalue weighted by Gasteiger charge is -2.26. The third kappa shape index (κ3) is 2.44. The molecule has 0 amide bonds. The van der Waals surface area contributed by atoms with E-state index >= 15 is 0 Å². The van der Waals surface area contributed by atoms with Crippen LogP contribution in [0.3, 0.4) is 0 Å². The third-order valence-electron chi connectivity index (χ3n) is 3.00. The Balaban J connectivity index is 2.06.